The summed E-state index contributed by atoms with van der Waals surface area (Å²) in [6.45, 7) is 0. The maximum absolute atomic E-state index is 6.42. The first kappa shape index (κ1) is 73.4. The Morgan fingerprint density at radius 2 is 0.262 bits per heavy atom. The zero-order valence-corrected chi connectivity index (χ0v) is 66.5. The number of rotatable bonds is 16. The van der Waals surface area contributed by atoms with E-state index in [-0.39, 0.29) is 0 Å². The second-order valence-corrected chi connectivity index (χ2v) is 30.8. The Morgan fingerprint density at radius 1 is 0.107 bits per heavy atom. The van der Waals surface area contributed by atoms with Gasteiger partial charge < -0.3 is 8.83 Å². The van der Waals surface area contributed by atoms with E-state index >= 15 is 0 Å². The van der Waals surface area contributed by atoms with E-state index < -0.39 is 0 Å². The maximum Gasteiger partial charge on any atom is 0.135 e. The summed E-state index contributed by atoms with van der Waals surface area (Å²) in [5.74, 6) is 0. The molecule has 0 saturated heterocycles. The molecule has 6 nitrogen and oxygen atoms in total. The molecule has 0 aliphatic heterocycles. The number of benzene rings is 16. The first-order chi connectivity index (χ1) is 60.4. The zero-order valence-electron chi connectivity index (χ0n) is 66.5. The van der Waals surface area contributed by atoms with Crippen LogP contribution in [-0.2, 0) is 0 Å². The number of nitrogens with zero attached hydrogens (tertiary/aromatic N) is 4. The van der Waals surface area contributed by atoms with E-state index in [0.29, 0.717) is 0 Å². The lowest BCUT2D eigenvalue weighted by molar-refractivity contribution is 0.668. The molecule has 0 aliphatic carbocycles. The van der Waals surface area contributed by atoms with Crippen molar-refractivity contribution >= 4 is 43.9 Å². The first-order valence-electron chi connectivity index (χ1n) is 41.2. The van der Waals surface area contributed by atoms with Gasteiger partial charge in [0.15, 0.2) is 0 Å². The normalized spacial score (nSPS) is 11.3. The lowest BCUT2D eigenvalue weighted by Gasteiger charge is -2.12. The molecule has 0 fully saturated rings. The lowest BCUT2D eigenvalue weighted by Crippen LogP contribution is -1.91. The molecule has 22 rings (SSSR count). The van der Waals surface area contributed by atoms with Gasteiger partial charge in [-0.1, -0.05) is 340 Å². The Bertz CT molecular complexity index is 6450. The Hall–Kier alpha value is -16.3. The van der Waals surface area contributed by atoms with Gasteiger partial charge in [0.05, 0.1) is 45.6 Å². The predicted molar refractivity (Wildman–Crippen MR) is 506 cm³/mol. The third kappa shape index (κ3) is 15.3. The minimum Gasteiger partial charge on any atom is -0.456 e. The molecular formula is C116H76N4O2. The topological polar surface area (TPSA) is 77.8 Å². The van der Waals surface area contributed by atoms with Crippen molar-refractivity contribution in [3.63, 3.8) is 0 Å². The maximum atomic E-state index is 6.42. The largest absolute Gasteiger partial charge is 0.456 e. The molecule has 0 radical (unpaired) electrons. The molecule has 6 heterocycles. The van der Waals surface area contributed by atoms with Crippen LogP contribution in [0.25, 0.3) is 223 Å². The molecule has 572 valence electrons. The number of furan rings is 2. The van der Waals surface area contributed by atoms with Crippen LogP contribution in [0.2, 0.25) is 0 Å². The van der Waals surface area contributed by atoms with Crippen molar-refractivity contribution in [3.05, 3.63) is 461 Å². The molecule has 0 spiro atoms. The fourth-order valence-electron chi connectivity index (χ4n) is 16.6. The van der Waals surface area contributed by atoms with Gasteiger partial charge >= 0.3 is 0 Å². The van der Waals surface area contributed by atoms with Crippen molar-refractivity contribution in [1.82, 2.24) is 19.9 Å². The molecule has 0 aliphatic rings. The standard InChI is InChI=1S/2C58H38N2O/c2*1-5-15-39(16-6-1)49-35-53(41-19-9-3-10-20-41)59-55(37-49)47-25-13-23-43(31-47)45-27-29-57-51(33-45)52-34-46(28-30-58(52)61-57)44-24-14-26-48(32-44)56-38-50(40-17-7-2-8-18-40)36-54(60-56)42-21-11-4-12-22-42/h2*1-38H. The van der Waals surface area contributed by atoms with E-state index in [4.69, 9.17) is 28.8 Å². The second-order valence-electron chi connectivity index (χ2n) is 30.8. The second kappa shape index (κ2) is 32.7. The highest BCUT2D eigenvalue weighted by molar-refractivity contribution is 6.09. The molecule has 16 aromatic carbocycles. The minimum atomic E-state index is 0.862. The first-order valence-corrected chi connectivity index (χ1v) is 41.2. The third-order valence-corrected chi connectivity index (χ3v) is 22.9. The smallest absolute Gasteiger partial charge is 0.135 e. The number of hydrogen-bond donors (Lipinski definition) is 0. The Labute approximate surface area is 708 Å². The average molecular weight is 1560 g/mol. The van der Waals surface area contributed by atoms with E-state index in [1.807, 2.05) is 24.3 Å². The summed E-state index contributed by atoms with van der Waals surface area (Å²) in [6.07, 6.45) is 0. The quantitative estimate of drug-likeness (QED) is 0.0959. The number of hydrogen-bond acceptors (Lipinski definition) is 6. The van der Waals surface area contributed by atoms with Gasteiger partial charge in [0.2, 0.25) is 0 Å². The van der Waals surface area contributed by atoms with Crippen LogP contribution in [0.3, 0.4) is 0 Å². The molecule has 0 amide bonds. The van der Waals surface area contributed by atoms with Crippen LogP contribution in [0.15, 0.2) is 470 Å². The van der Waals surface area contributed by atoms with E-state index in [9.17, 15) is 0 Å². The Kier molecular flexibility index (Phi) is 19.6. The van der Waals surface area contributed by atoms with Gasteiger partial charge in [0, 0.05) is 66.1 Å². The summed E-state index contributed by atoms with van der Waals surface area (Å²) in [5.41, 5.74) is 37.7. The summed E-state index contributed by atoms with van der Waals surface area (Å²) < 4.78 is 12.8. The monoisotopic (exact) mass is 1560 g/mol. The van der Waals surface area contributed by atoms with Crippen molar-refractivity contribution in [2.75, 3.05) is 0 Å². The van der Waals surface area contributed by atoms with Gasteiger partial charge in [-0.05, 0) is 210 Å². The number of aromatic nitrogens is 4. The SMILES string of the molecule is c1ccc(-c2cc(-c3ccccc3)nc(-c3cccc(-c4ccc5oc6ccc(-c7cccc(-c8cc(-c9ccccc9)cc(-c9ccccc9)n8)c7)cc6c5c4)c3)c2)cc1.c1ccc(-c2cc(-c3ccccc3)nc(-c3cccc(-c4ccc5oc6ccc(-c7cccc(-c8cc(-c9ccccc9)cc(-c9ccccc9)n8)c7)cc6c5c4)c3)c2)cc1. The molecule has 22 aromatic rings. The minimum absolute atomic E-state index is 0.862. The van der Waals surface area contributed by atoms with Crippen molar-refractivity contribution in [3.8, 4) is 179 Å². The van der Waals surface area contributed by atoms with Gasteiger partial charge in [-0.2, -0.15) is 0 Å². The summed E-state index contributed by atoms with van der Waals surface area (Å²) in [4.78, 5) is 20.8. The molecule has 0 bridgehead atoms. The highest BCUT2D eigenvalue weighted by Crippen LogP contribution is 2.43. The Morgan fingerprint density at radius 3 is 0.459 bits per heavy atom. The Balaban J connectivity index is 0.000000150. The van der Waals surface area contributed by atoms with Gasteiger partial charge in [-0.15, -0.1) is 0 Å². The zero-order chi connectivity index (χ0) is 81.1. The number of pyridine rings is 4. The van der Waals surface area contributed by atoms with E-state index in [1.54, 1.807) is 0 Å². The molecule has 0 saturated carbocycles. The van der Waals surface area contributed by atoms with Crippen LogP contribution in [0.4, 0.5) is 0 Å². The predicted octanol–water partition coefficient (Wildman–Crippen LogP) is 31.4. The molecule has 122 heavy (non-hydrogen) atoms. The molecule has 6 aromatic heterocycles. The molecular weight excluding hydrogens is 1480 g/mol. The fraction of sp³-hybridized carbons (Fsp3) is 0. The van der Waals surface area contributed by atoms with Crippen molar-refractivity contribution in [2.45, 2.75) is 0 Å². The van der Waals surface area contributed by atoms with Crippen LogP contribution >= 0.6 is 0 Å². The summed E-state index contributed by atoms with van der Waals surface area (Å²) in [6, 6.07) is 162. The van der Waals surface area contributed by atoms with Crippen LogP contribution in [-0.4, -0.2) is 19.9 Å². The molecule has 0 N–H and O–H groups in total. The van der Waals surface area contributed by atoms with Crippen LogP contribution < -0.4 is 0 Å². The van der Waals surface area contributed by atoms with Crippen LogP contribution in [0, 0.1) is 0 Å². The number of fused-ring (bicyclic) bond motifs is 6. The van der Waals surface area contributed by atoms with Gasteiger partial charge in [0.1, 0.15) is 22.3 Å². The average Bonchev–Trinajstić information content (AvgIpc) is 1.60. The van der Waals surface area contributed by atoms with E-state index in [2.05, 4.69) is 437 Å². The van der Waals surface area contributed by atoms with Gasteiger partial charge in [-0.3, -0.25) is 0 Å². The van der Waals surface area contributed by atoms with Crippen molar-refractivity contribution < 1.29 is 8.83 Å². The van der Waals surface area contributed by atoms with Crippen LogP contribution in [0.1, 0.15) is 0 Å². The molecule has 0 unspecified atom stereocenters. The summed E-state index contributed by atoms with van der Waals surface area (Å²) >= 11 is 0. The lowest BCUT2D eigenvalue weighted by atomic mass is 9.96. The fourth-order valence-corrected chi connectivity index (χ4v) is 16.6. The molecule has 6 heteroatoms. The van der Waals surface area contributed by atoms with Crippen LogP contribution in [0.5, 0.6) is 0 Å². The van der Waals surface area contributed by atoms with Gasteiger partial charge in [-0.25, -0.2) is 19.9 Å². The third-order valence-electron chi connectivity index (χ3n) is 22.9. The molecule has 0 atom stereocenters. The van der Waals surface area contributed by atoms with Crippen molar-refractivity contribution in [2.24, 2.45) is 0 Å². The van der Waals surface area contributed by atoms with Crippen molar-refractivity contribution in [1.29, 1.82) is 0 Å². The highest BCUT2D eigenvalue weighted by Gasteiger charge is 2.20. The summed E-state index contributed by atoms with van der Waals surface area (Å²) in [5, 5.41) is 4.32. The highest BCUT2D eigenvalue weighted by atomic mass is 16.3. The van der Waals surface area contributed by atoms with E-state index in [1.165, 1.54) is 0 Å². The van der Waals surface area contributed by atoms with E-state index in [0.717, 1.165) is 223 Å². The van der Waals surface area contributed by atoms with Gasteiger partial charge in [0.25, 0.3) is 0 Å². The summed E-state index contributed by atoms with van der Waals surface area (Å²) in [7, 11) is 0.